The highest BCUT2D eigenvalue weighted by atomic mass is 28.3. The lowest BCUT2D eigenvalue weighted by atomic mass is 9.78. The van der Waals surface area contributed by atoms with E-state index < -0.39 is 8.07 Å². The summed E-state index contributed by atoms with van der Waals surface area (Å²) in [6, 6.07) is 33.7. The predicted molar refractivity (Wildman–Crippen MR) is 183 cm³/mol. The van der Waals surface area contributed by atoms with E-state index in [0.29, 0.717) is 11.8 Å². The average molecular weight is 572 g/mol. The molecule has 3 heterocycles. The van der Waals surface area contributed by atoms with Crippen LogP contribution in [0.15, 0.2) is 110 Å². The van der Waals surface area contributed by atoms with E-state index in [9.17, 15) is 0 Å². The molecule has 0 spiro atoms. The van der Waals surface area contributed by atoms with Crippen molar-refractivity contribution in [3.8, 4) is 0 Å². The fourth-order valence-electron chi connectivity index (χ4n) is 8.75. The van der Waals surface area contributed by atoms with Gasteiger partial charge in [-0.05, 0) is 57.4 Å². The lowest BCUT2D eigenvalue weighted by Gasteiger charge is -2.52. The van der Waals surface area contributed by atoms with Gasteiger partial charge in [0.05, 0.1) is 5.69 Å². The van der Waals surface area contributed by atoms with Gasteiger partial charge in [-0.1, -0.05) is 126 Å². The van der Waals surface area contributed by atoms with E-state index in [1.807, 2.05) is 0 Å². The molecule has 0 saturated heterocycles. The summed E-state index contributed by atoms with van der Waals surface area (Å²) < 4.78 is 0. The number of hydrogen-bond donors (Lipinski definition) is 0. The van der Waals surface area contributed by atoms with Gasteiger partial charge in [0.25, 0.3) is 0 Å². The van der Waals surface area contributed by atoms with Crippen LogP contribution in [0.4, 0.5) is 22.9 Å². The molecular weight excluding hydrogens is 527 g/mol. The molecule has 2 aliphatic rings. The summed E-state index contributed by atoms with van der Waals surface area (Å²) >= 11 is 0. The molecule has 0 amide bonds. The zero-order valence-corrected chi connectivity index (χ0v) is 27.3. The molecule has 4 aromatic rings. The molecule has 0 bridgehead atoms. The molecule has 6 rings (SSSR count). The Bertz CT molecular complexity index is 1570. The van der Waals surface area contributed by atoms with Crippen molar-refractivity contribution in [1.82, 2.24) is 4.98 Å². The average Bonchev–Trinajstić information content (AvgIpc) is 3.30. The van der Waals surface area contributed by atoms with Crippen molar-refractivity contribution < 1.29 is 0 Å². The Morgan fingerprint density at radius 2 is 1.36 bits per heavy atom. The van der Waals surface area contributed by atoms with Crippen molar-refractivity contribution in [2.24, 2.45) is 5.92 Å². The standard InChI is InChI=1S/C38H45N3Si/c1-9-18-31-27(2)36-40(28-19-12-10-13-20-28)34-25-30(26-39-35(34)41(36)33-24-17-16-23-32(31)33)42(37(3,4)5,38(6,7)8)29-21-14-11-15-22-29/h9-17,19-27,31,36H,1,18H2,2-8H3. The van der Waals surface area contributed by atoms with E-state index in [4.69, 9.17) is 4.98 Å². The minimum absolute atomic E-state index is 0.0562. The first kappa shape index (κ1) is 28.5. The molecule has 0 fully saturated rings. The minimum Gasteiger partial charge on any atom is -0.317 e. The van der Waals surface area contributed by atoms with Crippen LogP contribution in [0.25, 0.3) is 0 Å². The quantitative estimate of drug-likeness (QED) is 0.176. The molecule has 3 nitrogen and oxygen atoms in total. The number of anilines is 4. The lowest BCUT2D eigenvalue weighted by Crippen LogP contribution is -2.69. The smallest absolute Gasteiger partial charge is 0.158 e. The van der Waals surface area contributed by atoms with Gasteiger partial charge in [-0.3, -0.25) is 0 Å². The first-order chi connectivity index (χ1) is 20.0. The van der Waals surface area contributed by atoms with E-state index in [1.54, 1.807) is 0 Å². The Hall–Kier alpha value is -3.63. The maximum absolute atomic E-state index is 5.44. The second kappa shape index (κ2) is 10.3. The third-order valence-electron chi connectivity index (χ3n) is 9.91. The second-order valence-corrected chi connectivity index (χ2v) is 19.9. The van der Waals surface area contributed by atoms with Gasteiger partial charge >= 0.3 is 0 Å². The molecule has 2 aliphatic heterocycles. The molecule has 42 heavy (non-hydrogen) atoms. The normalized spacial score (nSPS) is 20.1. The van der Waals surface area contributed by atoms with Gasteiger partial charge in [0.15, 0.2) is 5.82 Å². The second-order valence-electron chi connectivity index (χ2n) is 14.2. The largest absolute Gasteiger partial charge is 0.317 e. The van der Waals surface area contributed by atoms with Gasteiger partial charge in [-0.15, -0.1) is 6.58 Å². The van der Waals surface area contributed by atoms with Gasteiger partial charge in [0, 0.05) is 23.5 Å². The fraction of sp³-hybridized carbons (Fsp3) is 0.342. The highest BCUT2D eigenvalue weighted by Crippen LogP contribution is 2.57. The predicted octanol–water partition coefficient (Wildman–Crippen LogP) is 9.17. The highest BCUT2D eigenvalue weighted by molar-refractivity contribution is 7.06. The number of fused-ring (bicyclic) bond motifs is 5. The highest BCUT2D eigenvalue weighted by Gasteiger charge is 2.57. The molecular formula is C38H45N3Si. The third kappa shape index (κ3) is 4.10. The van der Waals surface area contributed by atoms with E-state index in [2.05, 4.69) is 168 Å². The molecule has 3 atom stereocenters. The zero-order chi connectivity index (χ0) is 29.9. The maximum Gasteiger partial charge on any atom is 0.158 e. The summed E-state index contributed by atoms with van der Waals surface area (Å²) in [5.41, 5.74) is 5.09. The molecule has 0 N–H and O–H groups in total. The van der Waals surface area contributed by atoms with E-state index in [-0.39, 0.29) is 16.2 Å². The number of rotatable bonds is 5. The summed E-state index contributed by atoms with van der Waals surface area (Å²) in [5.74, 6) is 1.81. The van der Waals surface area contributed by atoms with Crippen molar-refractivity contribution in [3.05, 3.63) is 115 Å². The van der Waals surface area contributed by atoms with E-state index in [0.717, 1.165) is 12.2 Å². The van der Waals surface area contributed by atoms with Crippen LogP contribution in [0, 0.1) is 5.92 Å². The number of benzene rings is 3. The fourth-order valence-corrected chi connectivity index (χ4v) is 16.1. The number of aromatic nitrogens is 1. The van der Waals surface area contributed by atoms with Crippen molar-refractivity contribution in [3.63, 3.8) is 0 Å². The summed E-state index contributed by atoms with van der Waals surface area (Å²) in [5, 5.41) is 2.98. The van der Waals surface area contributed by atoms with Crippen molar-refractivity contribution in [1.29, 1.82) is 0 Å². The zero-order valence-electron chi connectivity index (χ0n) is 26.3. The van der Waals surface area contributed by atoms with E-state index >= 15 is 0 Å². The molecule has 3 aromatic carbocycles. The Labute approximate surface area is 253 Å². The third-order valence-corrected chi connectivity index (χ3v) is 16.7. The van der Waals surface area contributed by atoms with E-state index in [1.165, 1.54) is 33.0 Å². The van der Waals surface area contributed by atoms with Crippen LogP contribution in [0.5, 0.6) is 0 Å². The molecule has 216 valence electrons. The topological polar surface area (TPSA) is 19.4 Å². The van der Waals surface area contributed by atoms with Crippen molar-refractivity contribution >= 4 is 41.3 Å². The number of allylic oxidation sites excluding steroid dienone is 1. The van der Waals surface area contributed by atoms with Gasteiger partial charge in [0.2, 0.25) is 0 Å². The maximum atomic E-state index is 5.44. The molecule has 3 unspecified atom stereocenters. The number of nitrogens with zero attached hydrogens (tertiary/aromatic N) is 3. The monoisotopic (exact) mass is 571 g/mol. The van der Waals surface area contributed by atoms with Crippen LogP contribution < -0.4 is 20.2 Å². The summed E-state index contributed by atoms with van der Waals surface area (Å²) in [4.78, 5) is 10.5. The van der Waals surface area contributed by atoms with Crippen LogP contribution in [-0.4, -0.2) is 19.2 Å². The summed E-state index contributed by atoms with van der Waals surface area (Å²) in [6.07, 6.45) is 5.41. The first-order valence-corrected chi connectivity index (χ1v) is 17.4. The van der Waals surface area contributed by atoms with Crippen LogP contribution in [-0.2, 0) is 0 Å². The number of pyridine rings is 1. The Morgan fingerprint density at radius 3 is 1.98 bits per heavy atom. The van der Waals surface area contributed by atoms with Crippen molar-refractivity contribution in [2.45, 2.75) is 77.0 Å². The Kier molecular flexibility index (Phi) is 6.97. The number of para-hydroxylation sites is 2. The minimum atomic E-state index is -2.41. The van der Waals surface area contributed by atoms with Gasteiger partial charge in [0.1, 0.15) is 14.2 Å². The Morgan fingerprint density at radius 1 is 0.762 bits per heavy atom. The first-order valence-electron chi connectivity index (χ1n) is 15.4. The van der Waals surface area contributed by atoms with Gasteiger partial charge in [-0.25, -0.2) is 4.98 Å². The van der Waals surface area contributed by atoms with Crippen LogP contribution in [0.3, 0.4) is 0 Å². The van der Waals surface area contributed by atoms with Crippen molar-refractivity contribution in [2.75, 3.05) is 9.80 Å². The molecule has 0 radical (unpaired) electrons. The van der Waals surface area contributed by atoms with Crippen LogP contribution in [0.1, 0.15) is 66.4 Å². The lowest BCUT2D eigenvalue weighted by molar-refractivity contribution is 0.369. The number of hydrogen-bond acceptors (Lipinski definition) is 3. The molecule has 1 aromatic heterocycles. The van der Waals surface area contributed by atoms with Crippen LogP contribution in [0.2, 0.25) is 10.1 Å². The molecule has 0 aliphatic carbocycles. The SMILES string of the molecule is C=CCC1c2ccccc2N2c3ncc([Si](c4ccccc4)(C(C)(C)C)C(C)(C)C)cc3N(c3ccccc3)C2C1C. The van der Waals surface area contributed by atoms with Gasteiger partial charge in [-0.2, -0.15) is 0 Å². The van der Waals surface area contributed by atoms with Gasteiger partial charge < -0.3 is 9.80 Å². The van der Waals surface area contributed by atoms with Crippen LogP contribution >= 0.6 is 0 Å². The summed E-state index contributed by atoms with van der Waals surface area (Å²) in [7, 11) is -2.41. The molecule has 0 saturated carbocycles. The molecule has 4 heteroatoms. The summed E-state index contributed by atoms with van der Waals surface area (Å²) in [6.45, 7) is 21.2. The Balaban J connectivity index is 1.65.